The Labute approximate surface area is 154 Å². The van der Waals surface area contributed by atoms with E-state index in [1.165, 1.54) is 24.3 Å². The number of nitrogens with zero attached hydrogens (tertiary/aromatic N) is 2. The number of benzene rings is 2. The molecular formula is C20H13N3O4. The number of rotatable bonds is 4. The summed E-state index contributed by atoms with van der Waals surface area (Å²) >= 11 is 0. The molecule has 27 heavy (non-hydrogen) atoms. The molecule has 0 saturated carbocycles. The van der Waals surface area contributed by atoms with Crippen molar-refractivity contribution in [3.05, 3.63) is 72.8 Å². The minimum atomic E-state index is -0.364. The highest BCUT2D eigenvalue weighted by Gasteiger charge is 2.25. The van der Waals surface area contributed by atoms with E-state index in [-0.39, 0.29) is 23.6 Å². The molecule has 0 unspecified atom stereocenters. The van der Waals surface area contributed by atoms with Crippen LogP contribution >= 0.6 is 0 Å². The van der Waals surface area contributed by atoms with Gasteiger partial charge in [0.05, 0.1) is 11.4 Å². The van der Waals surface area contributed by atoms with Gasteiger partial charge in [-0.25, -0.2) is 9.80 Å². The van der Waals surface area contributed by atoms with Gasteiger partial charge in [0.2, 0.25) is 0 Å². The van der Waals surface area contributed by atoms with E-state index in [0.717, 1.165) is 21.2 Å². The first kappa shape index (κ1) is 16.5. The van der Waals surface area contributed by atoms with Crippen LogP contribution in [0.15, 0.2) is 72.8 Å². The Hall–Kier alpha value is -4.00. The molecule has 0 radical (unpaired) electrons. The van der Waals surface area contributed by atoms with E-state index in [4.69, 9.17) is 0 Å². The number of nitrogens with one attached hydrogen (secondary N) is 1. The predicted octanol–water partition coefficient (Wildman–Crippen LogP) is 2.29. The maximum absolute atomic E-state index is 11.7. The van der Waals surface area contributed by atoms with Crippen LogP contribution in [-0.2, 0) is 19.2 Å². The summed E-state index contributed by atoms with van der Waals surface area (Å²) in [6, 6.07) is 13.7. The van der Waals surface area contributed by atoms with E-state index < -0.39 is 0 Å². The molecule has 132 valence electrons. The average molecular weight is 359 g/mol. The van der Waals surface area contributed by atoms with Crippen LogP contribution in [0, 0.1) is 0 Å². The van der Waals surface area contributed by atoms with Crippen LogP contribution in [0.5, 0.6) is 0 Å². The van der Waals surface area contributed by atoms with Crippen LogP contribution in [0.2, 0.25) is 0 Å². The molecular weight excluding hydrogens is 346 g/mol. The average Bonchev–Trinajstić information content (AvgIpc) is 3.18. The molecule has 0 atom stereocenters. The van der Waals surface area contributed by atoms with Gasteiger partial charge in [-0.15, -0.1) is 0 Å². The number of hydrogen-bond acceptors (Lipinski definition) is 5. The summed E-state index contributed by atoms with van der Waals surface area (Å²) in [5.74, 6) is -1.46. The molecule has 0 spiro atoms. The van der Waals surface area contributed by atoms with Crippen LogP contribution in [0.3, 0.4) is 0 Å². The number of amides is 4. The zero-order chi connectivity index (χ0) is 19.0. The fraction of sp³-hybridized carbons (Fsp3) is 0. The molecule has 0 saturated heterocycles. The summed E-state index contributed by atoms with van der Waals surface area (Å²) < 4.78 is 0. The van der Waals surface area contributed by atoms with Gasteiger partial charge in [0, 0.05) is 35.7 Å². The second-order valence-corrected chi connectivity index (χ2v) is 5.91. The van der Waals surface area contributed by atoms with Crippen molar-refractivity contribution in [1.29, 1.82) is 0 Å². The van der Waals surface area contributed by atoms with Gasteiger partial charge in [0.25, 0.3) is 23.6 Å². The maximum atomic E-state index is 11.7. The molecule has 0 bridgehead atoms. The van der Waals surface area contributed by atoms with E-state index in [1.807, 2.05) is 0 Å². The number of anilines is 4. The lowest BCUT2D eigenvalue weighted by Gasteiger charge is -2.16. The minimum absolute atomic E-state index is 0.364. The topological polar surface area (TPSA) is 86.8 Å². The van der Waals surface area contributed by atoms with Gasteiger partial charge in [-0.05, 0) is 48.5 Å². The summed E-state index contributed by atoms with van der Waals surface area (Å²) in [5, 5.41) is 3.18. The lowest BCUT2D eigenvalue weighted by atomic mass is 10.2. The third-order valence-corrected chi connectivity index (χ3v) is 4.16. The number of carbonyl (C=O) groups is 4. The van der Waals surface area contributed by atoms with Crippen molar-refractivity contribution in [2.45, 2.75) is 0 Å². The molecule has 2 aromatic rings. The Morgan fingerprint density at radius 1 is 0.481 bits per heavy atom. The Balaban J connectivity index is 1.47. The van der Waals surface area contributed by atoms with Gasteiger partial charge in [-0.3, -0.25) is 19.2 Å². The molecule has 7 heteroatoms. The zero-order valence-electron chi connectivity index (χ0n) is 14.0. The number of carbonyl (C=O) groups excluding carboxylic acids is 4. The normalized spacial score (nSPS) is 16.0. The monoisotopic (exact) mass is 359 g/mol. The standard InChI is InChI=1S/C20H13N3O4/c24-17-9-10-18(25)22(17)15-5-1-13(2-6-15)21-14-3-7-16(8-4-14)23-19(26)11-12-20(23)27/h1-12,21H. The van der Waals surface area contributed by atoms with Gasteiger partial charge < -0.3 is 5.32 Å². The molecule has 0 aromatic heterocycles. The van der Waals surface area contributed by atoms with Crippen LogP contribution in [-0.4, -0.2) is 23.6 Å². The molecule has 4 rings (SSSR count). The van der Waals surface area contributed by atoms with E-state index in [2.05, 4.69) is 5.32 Å². The largest absolute Gasteiger partial charge is 0.356 e. The Bertz CT molecular complexity index is 901. The first-order valence-corrected chi connectivity index (χ1v) is 8.12. The van der Waals surface area contributed by atoms with E-state index >= 15 is 0 Å². The molecule has 7 nitrogen and oxygen atoms in total. The van der Waals surface area contributed by atoms with Gasteiger partial charge in [0.15, 0.2) is 0 Å². The van der Waals surface area contributed by atoms with Crippen molar-refractivity contribution in [2.75, 3.05) is 15.1 Å². The van der Waals surface area contributed by atoms with Crippen molar-refractivity contribution in [3.63, 3.8) is 0 Å². The maximum Gasteiger partial charge on any atom is 0.258 e. The first-order chi connectivity index (χ1) is 13.0. The smallest absolute Gasteiger partial charge is 0.258 e. The summed E-state index contributed by atoms with van der Waals surface area (Å²) in [7, 11) is 0. The van der Waals surface area contributed by atoms with Crippen LogP contribution in [0.4, 0.5) is 22.7 Å². The SMILES string of the molecule is O=C1C=CC(=O)N1c1ccc(Nc2ccc(N3C(=O)C=CC3=O)cc2)cc1. The molecule has 0 fully saturated rings. The van der Waals surface area contributed by atoms with E-state index in [1.54, 1.807) is 48.5 Å². The molecule has 1 N–H and O–H groups in total. The molecule has 2 aliphatic heterocycles. The van der Waals surface area contributed by atoms with Crippen molar-refractivity contribution >= 4 is 46.4 Å². The van der Waals surface area contributed by atoms with Crippen LogP contribution in [0.25, 0.3) is 0 Å². The molecule has 4 amide bonds. The first-order valence-electron chi connectivity index (χ1n) is 8.12. The fourth-order valence-electron chi connectivity index (χ4n) is 2.86. The lowest BCUT2D eigenvalue weighted by molar-refractivity contribution is -0.121. The van der Waals surface area contributed by atoms with Gasteiger partial charge in [0.1, 0.15) is 0 Å². The van der Waals surface area contributed by atoms with Crippen molar-refractivity contribution in [1.82, 2.24) is 0 Å². The second-order valence-electron chi connectivity index (χ2n) is 5.91. The Morgan fingerprint density at radius 3 is 1.07 bits per heavy atom. The van der Waals surface area contributed by atoms with Crippen molar-refractivity contribution < 1.29 is 19.2 Å². The minimum Gasteiger partial charge on any atom is -0.356 e. The van der Waals surface area contributed by atoms with Crippen LogP contribution < -0.4 is 15.1 Å². The Morgan fingerprint density at radius 2 is 0.778 bits per heavy atom. The number of hydrogen-bond donors (Lipinski definition) is 1. The lowest BCUT2D eigenvalue weighted by Crippen LogP contribution is -2.29. The van der Waals surface area contributed by atoms with Crippen LogP contribution in [0.1, 0.15) is 0 Å². The Kier molecular flexibility index (Phi) is 3.89. The fourth-order valence-corrected chi connectivity index (χ4v) is 2.86. The van der Waals surface area contributed by atoms with E-state index in [0.29, 0.717) is 11.4 Å². The molecule has 2 aliphatic rings. The van der Waals surface area contributed by atoms with E-state index in [9.17, 15) is 19.2 Å². The third-order valence-electron chi connectivity index (χ3n) is 4.16. The second kappa shape index (κ2) is 6.38. The predicted molar refractivity (Wildman–Crippen MR) is 99.4 cm³/mol. The highest BCUT2D eigenvalue weighted by molar-refractivity contribution is 6.28. The highest BCUT2D eigenvalue weighted by Crippen LogP contribution is 2.25. The zero-order valence-corrected chi connectivity index (χ0v) is 14.0. The third kappa shape index (κ3) is 3.02. The summed E-state index contributed by atoms with van der Waals surface area (Å²) in [6.07, 6.45) is 4.95. The van der Waals surface area contributed by atoms with Crippen molar-refractivity contribution in [2.24, 2.45) is 0 Å². The molecule has 2 aromatic carbocycles. The number of imide groups is 2. The van der Waals surface area contributed by atoms with Gasteiger partial charge in [-0.2, -0.15) is 0 Å². The summed E-state index contributed by atoms with van der Waals surface area (Å²) in [4.78, 5) is 49.0. The van der Waals surface area contributed by atoms with Crippen molar-refractivity contribution in [3.8, 4) is 0 Å². The van der Waals surface area contributed by atoms with Gasteiger partial charge >= 0.3 is 0 Å². The quantitative estimate of drug-likeness (QED) is 0.847. The molecule has 2 heterocycles. The highest BCUT2D eigenvalue weighted by atomic mass is 16.2. The van der Waals surface area contributed by atoms with Gasteiger partial charge in [-0.1, -0.05) is 0 Å². The summed E-state index contributed by atoms with van der Waals surface area (Å²) in [6.45, 7) is 0. The summed E-state index contributed by atoms with van der Waals surface area (Å²) in [5.41, 5.74) is 2.51. The molecule has 0 aliphatic carbocycles.